The van der Waals surface area contributed by atoms with Crippen LogP contribution in [0.4, 0.5) is 0 Å². The van der Waals surface area contributed by atoms with Gasteiger partial charge < -0.3 is 44.8 Å². The summed E-state index contributed by atoms with van der Waals surface area (Å²) in [5.74, 6) is 40.6. The lowest BCUT2D eigenvalue weighted by molar-refractivity contribution is -0.0000266. The first kappa shape index (κ1) is 115. The molecular formula is C131H150N6O9. The summed E-state index contributed by atoms with van der Waals surface area (Å²) in [5.41, 5.74) is 24.4. The van der Waals surface area contributed by atoms with Gasteiger partial charge in [0.05, 0.1) is 58.5 Å². The minimum Gasteiger partial charge on any atom is -0.494 e. The van der Waals surface area contributed by atoms with Gasteiger partial charge in [-0.2, -0.15) is 5.26 Å². The third-order valence-electron chi connectivity index (χ3n) is 25.4. The normalized spacial score (nSPS) is 11.2. The summed E-state index contributed by atoms with van der Waals surface area (Å²) in [6.45, 7) is 12.1. The van der Waals surface area contributed by atoms with Gasteiger partial charge in [0.2, 0.25) is 11.6 Å². The van der Waals surface area contributed by atoms with E-state index in [-0.39, 0.29) is 33.0 Å². The van der Waals surface area contributed by atoms with Crippen LogP contribution in [0.15, 0.2) is 243 Å². The number of hydrogen-bond acceptors (Lipinski definition) is 15. The molecule has 0 saturated heterocycles. The number of benzene rings is 9. The Morgan fingerprint density at radius 3 is 0.979 bits per heavy atom. The van der Waals surface area contributed by atoms with Crippen LogP contribution in [0.5, 0.6) is 5.75 Å². The Hall–Kier alpha value is -13.4. The molecule has 0 amide bonds. The number of ether oxygens (including phenoxy) is 3. The summed E-state index contributed by atoms with van der Waals surface area (Å²) in [6.07, 6.45) is 47.4. The number of aliphatic hydroxyl groups is 6. The van der Waals surface area contributed by atoms with Crippen molar-refractivity contribution in [3.05, 3.63) is 355 Å². The number of nitriles is 1. The molecule has 758 valence electrons. The van der Waals surface area contributed by atoms with Crippen molar-refractivity contribution in [2.24, 2.45) is 0 Å². The number of aryl methyl sites for hydroxylation is 5. The zero-order valence-corrected chi connectivity index (χ0v) is 86.8. The van der Waals surface area contributed by atoms with Gasteiger partial charge in [0.15, 0.2) is 0 Å². The molecule has 0 radical (unpaired) electrons. The second-order valence-electron chi connectivity index (χ2n) is 37.5. The molecule has 15 heteroatoms. The summed E-state index contributed by atoms with van der Waals surface area (Å²) in [7, 11) is 0. The number of pyridine rings is 1. The molecule has 3 aromatic heterocycles. The van der Waals surface area contributed by atoms with Gasteiger partial charge >= 0.3 is 0 Å². The number of nitrogens with zero attached hydrogens (tertiary/aromatic N) is 6. The van der Waals surface area contributed by atoms with E-state index in [9.17, 15) is 15.3 Å². The van der Waals surface area contributed by atoms with E-state index in [1.54, 1.807) is 18.3 Å². The minimum absolute atomic E-state index is 0.0153. The summed E-state index contributed by atoms with van der Waals surface area (Å²) in [5, 5.41) is 64.8. The van der Waals surface area contributed by atoms with Crippen molar-refractivity contribution in [2.45, 2.75) is 291 Å². The molecule has 0 bridgehead atoms. The van der Waals surface area contributed by atoms with Gasteiger partial charge in [-0.15, -0.1) is 0 Å². The van der Waals surface area contributed by atoms with E-state index < -0.39 is 18.3 Å². The summed E-state index contributed by atoms with van der Waals surface area (Å²) < 4.78 is 17.5. The van der Waals surface area contributed by atoms with Crippen LogP contribution in [0.3, 0.4) is 0 Å². The Kier molecular flexibility index (Phi) is 54.0. The second kappa shape index (κ2) is 68.8. The summed E-state index contributed by atoms with van der Waals surface area (Å²) >= 11 is 0. The molecular weight excluding hydrogens is 1800 g/mol. The molecule has 6 N–H and O–H groups in total. The van der Waals surface area contributed by atoms with E-state index in [1.807, 2.05) is 110 Å². The van der Waals surface area contributed by atoms with Gasteiger partial charge in [0, 0.05) is 93.2 Å². The molecule has 9 aromatic carbocycles. The van der Waals surface area contributed by atoms with Gasteiger partial charge in [-0.1, -0.05) is 319 Å². The highest BCUT2D eigenvalue weighted by molar-refractivity contribution is 5.68. The average molecular weight is 1950 g/mol. The monoisotopic (exact) mass is 1950 g/mol. The van der Waals surface area contributed by atoms with Crippen LogP contribution in [0, 0.1) is 82.4 Å². The molecule has 15 nitrogen and oxygen atoms in total. The Balaban J connectivity index is 0.000000229. The molecule has 0 fully saturated rings. The maximum absolute atomic E-state index is 9.70. The lowest BCUT2D eigenvalue weighted by Gasteiger charge is -2.10. The quantitative estimate of drug-likeness (QED) is 0.0154. The predicted octanol–water partition coefficient (Wildman–Crippen LogP) is 26.3. The first-order valence-corrected chi connectivity index (χ1v) is 53.5. The molecule has 0 aliphatic rings. The Bertz CT molecular complexity index is 6250. The highest BCUT2D eigenvalue weighted by atomic mass is 16.5. The number of hydrogen-bond donors (Lipinski definition) is 6. The highest BCUT2D eigenvalue weighted by Gasteiger charge is 2.13. The maximum Gasteiger partial charge on any atom is 0.205 e. The third-order valence-corrected chi connectivity index (χ3v) is 25.4. The highest BCUT2D eigenvalue weighted by Crippen LogP contribution is 2.28. The Morgan fingerprint density at radius 2 is 0.589 bits per heavy atom. The lowest BCUT2D eigenvalue weighted by atomic mass is 9.99. The number of aliphatic hydroxyl groups excluding tert-OH is 6. The number of aromatic nitrogens is 5. The summed E-state index contributed by atoms with van der Waals surface area (Å²) in [4.78, 5) is 21.9. The van der Waals surface area contributed by atoms with Gasteiger partial charge in [-0.3, -0.25) is 0 Å². The molecule has 0 aliphatic heterocycles. The first-order chi connectivity index (χ1) is 71.7. The Labute approximate surface area is 871 Å². The van der Waals surface area contributed by atoms with Gasteiger partial charge in [-0.25, -0.2) is 24.9 Å². The first-order valence-electron chi connectivity index (χ1n) is 53.5. The fourth-order valence-electron chi connectivity index (χ4n) is 16.5. The average Bonchev–Trinajstić information content (AvgIpc) is 0.839. The van der Waals surface area contributed by atoms with Gasteiger partial charge in [0.1, 0.15) is 23.6 Å². The van der Waals surface area contributed by atoms with Crippen molar-refractivity contribution in [1.29, 1.82) is 5.26 Å². The predicted molar refractivity (Wildman–Crippen MR) is 593 cm³/mol. The molecule has 0 saturated carbocycles. The molecule has 0 spiro atoms. The molecule has 12 rings (SSSR count). The Morgan fingerprint density at radius 1 is 0.274 bits per heavy atom. The van der Waals surface area contributed by atoms with E-state index in [2.05, 4.69) is 252 Å². The van der Waals surface area contributed by atoms with E-state index in [1.165, 1.54) is 175 Å². The smallest absolute Gasteiger partial charge is 0.205 e. The van der Waals surface area contributed by atoms with Crippen molar-refractivity contribution in [3.8, 4) is 116 Å². The van der Waals surface area contributed by atoms with Crippen LogP contribution in [-0.2, 0) is 54.8 Å². The van der Waals surface area contributed by atoms with Crippen molar-refractivity contribution < 1.29 is 44.8 Å². The van der Waals surface area contributed by atoms with Gasteiger partial charge in [-0.05, 0) is 296 Å². The molecule has 12 aromatic rings. The maximum atomic E-state index is 9.70. The van der Waals surface area contributed by atoms with Crippen molar-refractivity contribution >= 4 is 0 Å². The number of rotatable bonds is 52. The van der Waals surface area contributed by atoms with Crippen LogP contribution in [0.1, 0.15) is 339 Å². The van der Waals surface area contributed by atoms with E-state index in [0.29, 0.717) is 50.0 Å². The molecule has 3 unspecified atom stereocenters. The molecule has 146 heavy (non-hydrogen) atoms. The SMILES string of the molecule is CCCCCCCCc1ccc(-c2ccc(C#Cc3ccc(C#Cc4ccc(-c5ccc(CCCCCCCC)cc5)cc4)c(COCCCCC(O)CO)c3)cc2)cc1.CCCCCCCCc1cnc(C#Cc2ccc(C#Cc3ncc(CCCCCCCC)cn3)c(COCC(O)CO)c2)nc1.CCc1cc(C#Cc2ccc(-c3ccc(OCCCCC(O)CO)cc3)cc2)ccc1C#Cc1ccc(C#N)nc1. The van der Waals surface area contributed by atoms with E-state index in [4.69, 9.17) is 34.8 Å². The largest absolute Gasteiger partial charge is 0.494 e. The van der Waals surface area contributed by atoms with Crippen molar-refractivity contribution in [3.63, 3.8) is 0 Å². The van der Waals surface area contributed by atoms with E-state index in [0.717, 1.165) is 171 Å². The zero-order chi connectivity index (χ0) is 103. The van der Waals surface area contributed by atoms with Crippen molar-refractivity contribution in [2.75, 3.05) is 39.6 Å². The van der Waals surface area contributed by atoms with Crippen LogP contribution in [0.2, 0.25) is 0 Å². The van der Waals surface area contributed by atoms with Crippen molar-refractivity contribution in [1.82, 2.24) is 24.9 Å². The van der Waals surface area contributed by atoms with Crippen LogP contribution >= 0.6 is 0 Å². The summed E-state index contributed by atoms with van der Waals surface area (Å²) in [6, 6.07) is 74.8. The minimum atomic E-state index is -0.938. The van der Waals surface area contributed by atoms with Crippen LogP contribution in [-0.4, -0.2) is 114 Å². The zero-order valence-electron chi connectivity index (χ0n) is 86.8. The fraction of sp³-hybridized carbons (Fsp3) is 0.389. The van der Waals surface area contributed by atoms with Gasteiger partial charge in [0.25, 0.3) is 0 Å². The third kappa shape index (κ3) is 44.3. The van der Waals surface area contributed by atoms with Crippen LogP contribution in [0.25, 0.3) is 33.4 Å². The fourth-order valence-corrected chi connectivity index (χ4v) is 16.5. The number of unbranched alkanes of at least 4 members (excludes halogenated alkanes) is 22. The molecule has 0 aliphatic carbocycles. The topological polar surface area (TPSA) is 237 Å². The standard InChI is InChI=1S/C57H68O3.C38H50N4O3.C36H32N2O3/c1-3-5-7-9-11-13-17-46-22-32-51(33-23-46)53-36-26-48(27-37-53)20-21-50-31-41-55(56(43-50)45-60-42-16-15-19-57(59)44-58)40-30-49-28-38-54(39-29-49)52-34-24-47(25-35-52)18-14-12-10-8-6-4-2;1-3-5-7-9-11-13-15-32-24-39-37(40-25-32)21-18-31-17-19-34(35(23-31)29-45-30-36(44)28-43)20-22-38-41-26-33(27-42-38)16-14-12-10-8-6-4-2;1-2-30-23-28(10-15-31(30)16-11-29-12-19-34(24-37)38-25-29)7-6-27-8-13-32(14-9-27)33-17-20-36(21-18-33)41-22-4-3-5-35(40)26-39/h22-29,31-39,41,43,57-59H,3-19,42,44-45H2,1-2H3;17,19,23-27,36,43-44H,3-16,28-30H2,1-2H3;8-10,12-15,17-21,23,25,35,39-40H,2-5,22,26H2,1H3. The lowest BCUT2D eigenvalue weighted by Crippen LogP contribution is -2.19. The van der Waals surface area contributed by atoms with Crippen LogP contribution < -0.4 is 4.74 Å². The molecule has 3 heterocycles. The second-order valence-corrected chi connectivity index (χ2v) is 37.5. The molecule has 3 atom stereocenters. The van der Waals surface area contributed by atoms with E-state index >= 15 is 0 Å².